The molecule has 0 aromatic heterocycles. The molecule has 3 rings (SSSR count). The van der Waals surface area contributed by atoms with Crippen LogP contribution in [0.3, 0.4) is 0 Å². The van der Waals surface area contributed by atoms with Gasteiger partial charge in [0.15, 0.2) is 0 Å². The Kier molecular flexibility index (Phi) is 5.21. The summed E-state index contributed by atoms with van der Waals surface area (Å²) in [4.78, 5) is 38.6. The zero-order valence-corrected chi connectivity index (χ0v) is 16.9. The number of anilines is 1. The third-order valence-electron chi connectivity index (χ3n) is 6.07. The first-order valence-corrected chi connectivity index (χ1v) is 9.72. The summed E-state index contributed by atoms with van der Waals surface area (Å²) < 4.78 is 13.6. The Bertz CT molecular complexity index is 808. The Balaban J connectivity index is 1.64. The number of carbonyl (C=O) groups excluding carboxylic acids is 3. The summed E-state index contributed by atoms with van der Waals surface area (Å²) in [6.07, 6.45) is 2.89. The van der Waals surface area contributed by atoms with Crippen molar-refractivity contribution >= 4 is 23.5 Å². The Morgan fingerprint density at radius 2 is 1.93 bits per heavy atom. The zero-order valence-electron chi connectivity index (χ0n) is 16.9. The molecule has 1 aliphatic carbocycles. The van der Waals surface area contributed by atoms with Crippen LogP contribution >= 0.6 is 0 Å². The van der Waals surface area contributed by atoms with Gasteiger partial charge >= 0.3 is 6.03 Å². The van der Waals surface area contributed by atoms with Crippen molar-refractivity contribution in [2.75, 3.05) is 11.9 Å². The second-order valence-electron chi connectivity index (χ2n) is 9.06. The zero-order chi connectivity index (χ0) is 20.7. The summed E-state index contributed by atoms with van der Waals surface area (Å²) in [5.74, 6) is -0.804. The molecular formula is C21H28FN3O3. The minimum Gasteiger partial charge on any atom is -0.324 e. The first-order chi connectivity index (χ1) is 13.0. The number of rotatable bonds is 3. The highest BCUT2D eigenvalue weighted by atomic mass is 19.1. The normalized spacial score (nSPS) is 25.2. The van der Waals surface area contributed by atoms with Gasteiger partial charge in [-0.2, -0.15) is 0 Å². The molecule has 1 aliphatic heterocycles. The number of carbonyl (C=O) groups is 3. The van der Waals surface area contributed by atoms with Crippen molar-refractivity contribution < 1.29 is 18.8 Å². The Labute approximate surface area is 164 Å². The van der Waals surface area contributed by atoms with E-state index in [-0.39, 0.29) is 17.9 Å². The molecule has 1 saturated carbocycles. The van der Waals surface area contributed by atoms with Crippen LogP contribution in [0.25, 0.3) is 0 Å². The lowest BCUT2D eigenvalue weighted by Gasteiger charge is -2.40. The number of benzene rings is 1. The van der Waals surface area contributed by atoms with Gasteiger partial charge in [0.25, 0.3) is 5.91 Å². The van der Waals surface area contributed by atoms with Crippen molar-refractivity contribution in [3.8, 4) is 0 Å². The number of hydrogen-bond acceptors (Lipinski definition) is 3. The highest BCUT2D eigenvalue weighted by molar-refractivity contribution is 6.10. The van der Waals surface area contributed by atoms with E-state index in [9.17, 15) is 18.8 Å². The van der Waals surface area contributed by atoms with Crippen molar-refractivity contribution in [2.45, 2.75) is 58.9 Å². The molecule has 0 bridgehead atoms. The summed E-state index contributed by atoms with van der Waals surface area (Å²) in [6, 6.07) is 3.82. The van der Waals surface area contributed by atoms with Gasteiger partial charge in [0.1, 0.15) is 17.9 Å². The van der Waals surface area contributed by atoms with Crippen LogP contribution in [0.15, 0.2) is 18.2 Å². The molecule has 1 heterocycles. The fraction of sp³-hybridized carbons (Fsp3) is 0.571. The van der Waals surface area contributed by atoms with E-state index in [4.69, 9.17) is 0 Å². The molecule has 2 aliphatic rings. The molecule has 1 spiro atoms. The Morgan fingerprint density at radius 1 is 1.29 bits per heavy atom. The van der Waals surface area contributed by atoms with E-state index in [0.29, 0.717) is 30.0 Å². The van der Waals surface area contributed by atoms with Crippen LogP contribution in [0, 0.1) is 24.1 Å². The van der Waals surface area contributed by atoms with Crippen LogP contribution < -0.4 is 10.6 Å². The van der Waals surface area contributed by atoms with Gasteiger partial charge in [-0.25, -0.2) is 9.18 Å². The minimum atomic E-state index is -0.894. The van der Waals surface area contributed by atoms with E-state index in [1.165, 1.54) is 6.07 Å². The van der Waals surface area contributed by atoms with Crippen molar-refractivity contribution in [1.29, 1.82) is 0 Å². The molecule has 0 radical (unpaired) electrons. The number of hydrogen-bond donors (Lipinski definition) is 2. The van der Waals surface area contributed by atoms with Crippen LogP contribution in [0.1, 0.15) is 52.0 Å². The standard InChI is InChI=1S/C21H28FN3O3/c1-13-5-6-15(11-16(13)22)23-17(26)12-25-18(27)21(24-19(25)28)9-7-14(8-10-21)20(2,3)4/h5-6,11,14H,7-10,12H2,1-4H3,(H,23,26)(H,24,28). The SMILES string of the molecule is Cc1ccc(NC(=O)CN2C(=O)NC3(CCC(C(C)(C)C)CC3)C2=O)cc1F. The van der Waals surface area contributed by atoms with Crippen LogP contribution in [0.4, 0.5) is 14.9 Å². The highest BCUT2D eigenvalue weighted by Crippen LogP contribution is 2.43. The lowest BCUT2D eigenvalue weighted by Crippen LogP contribution is -2.50. The lowest BCUT2D eigenvalue weighted by atomic mass is 9.67. The van der Waals surface area contributed by atoms with Crippen LogP contribution in [-0.4, -0.2) is 34.8 Å². The predicted octanol–water partition coefficient (Wildman–Crippen LogP) is 3.60. The van der Waals surface area contributed by atoms with Crippen molar-refractivity contribution in [1.82, 2.24) is 10.2 Å². The molecule has 6 nitrogen and oxygen atoms in total. The van der Waals surface area contributed by atoms with Gasteiger partial charge < -0.3 is 10.6 Å². The van der Waals surface area contributed by atoms with Gasteiger partial charge in [-0.15, -0.1) is 0 Å². The van der Waals surface area contributed by atoms with E-state index in [1.54, 1.807) is 19.1 Å². The summed E-state index contributed by atoms with van der Waals surface area (Å²) in [5.41, 5.74) is 0.0334. The molecule has 1 saturated heterocycles. The van der Waals surface area contributed by atoms with Crippen molar-refractivity contribution in [3.05, 3.63) is 29.6 Å². The molecule has 1 aromatic carbocycles. The summed E-state index contributed by atoms with van der Waals surface area (Å²) in [7, 11) is 0. The van der Waals surface area contributed by atoms with E-state index in [2.05, 4.69) is 31.4 Å². The summed E-state index contributed by atoms with van der Waals surface area (Å²) >= 11 is 0. The molecule has 28 heavy (non-hydrogen) atoms. The predicted molar refractivity (Wildman–Crippen MR) is 104 cm³/mol. The quantitative estimate of drug-likeness (QED) is 0.776. The third kappa shape index (κ3) is 3.88. The summed E-state index contributed by atoms with van der Waals surface area (Å²) in [6.45, 7) is 7.81. The van der Waals surface area contributed by atoms with Crippen LogP contribution in [0.5, 0.6) is 0 Å². The Morgan fingerprint density at radius 3 is 2.50 bits per heavy atom. The molecule has 0 unspecified atom stereocenters. The fourth-order valence-corrected chi connectivity index (χ4v) is 4.15. The molecule has 7 heteroatoms. The molecule has 0 atom stereocenters. The third-order valence-corrected chi connectivity index (χ3v) is 6.07. The van der Waals surface area contributed by atoms with Gasteiger partial charge in [0, 0.05) is 5.69 Å². The van der Waals surface area contributed by atoms with Crippen LogP contribution in [-0.2, 0) is 9.59 Å². The largest absolute Gasteiger partial charge is 0.325 e. The molecule has 152 valence electrons. The number of urea groups is 1. The number of nitrogens with zero attached hydrogens (tertiary/aromatic N) is 1. The van der Waals surface area contributed by atoms with E-state index >= 15 is 0 Å². The molecule has 2 N–H and O–H groups in total. The maximum atomic E-state index is 13.6. The van der Waals surface area contributed by atoms with Crippen LogP contribution in [0.2, 0.25) is 0 Å². The number of amides is 4. The van der Waals surface area contributed by atoms with Gasteiger partial charge in [-0.05, 0) is 61.6 Å². The first-order valence-electron chi connectivity index (χ1n) is 9.72. The summed E-state index contributed by atoms with van der Waals surface area (Å²) in [5, 5.41) is 5.37. The van der Waals surface area contributed by atoms with Gasteiger partial charge in [-0.1, -0.05) is 26.8 Å². The fourth-order valence-electron chi connectivity index (χ4n) is 4.15. The smallest absolute Gasteiger partial charge is 0.324 e. The van der Waals surface area contributed by atoms with Crippen molar-refractivity contribution in [2.24, 2.45) is 11.3 Å². The average molecular weight is 389 g/mol. The molecule has 2 fully saturated rings. The Hall–Kier alpha value is -2.44. The average Bonchev–Trinajstić information content (AvgIpc) is 2.82. The molecule has 1 aromatic rings. The minimum absolute atomic E-state index is 0.163. The number of imide groups is 1. The van der Waals surface area contributed by atoms with E-state index in [0.717, 1.165) is 17.7 Å². The maximum Gasteiger partial charge on any atom is 0.325 e. The number of halogens is 1. The van der Waals surface area contributed by atoms with Gasteiger partial charge in [0.2, 0.25) is 5.91 Å². The highest BCUT2D eigenvalue weighted by Gasteiger charge is 2.53. The number of nitrogens with one attached hydrogen (secondary N) is 2. The van der Waals surface area contributed by atoms with Gasteiger partial charge in [0.05, 0.1) is 0 Å². The maximum absolute atomic E-state index is 13.6. The second-order valence-corrected chi connectivity index (χ2v) is 9.06. The van der Waals surface area contributed by atoms with Crippen molar-refractivity contribution in [3.63, 3.8) is 0 Å². The molecule has 4 amide bonds. The van der Waals surface area contributed by atoms with E-state index in [1.807, 2.05) is 0 Å². The lowest BCUT2D eigenvalue weighted by molar-refractivity contribution is -0.135. The van der Waals surface area contributed by atoms with Gasteiger partial charge in [-0.3, -0.25) is 14.5 Å². The molecular weight excluding hydrogens is 361 g/mol. The second kappa shape index (κ2) is 7.18. The first kappa shape index (κ1) is 20.3. The number of aryl methyl sites for hydroxylation is 1. The van der Waals surface area contributed by atoms with E-state index < -0.39 is 23.3 Å². The monoisotopic (exact) mass is 389 g/mol. The topological polar surface area (TPSA) is 78.5 Å².